The Morgan fingerprint density at radius 3 is 2.47 bits per heavy atom. The summed E-state index contributed by atoms with van der Waals surface area (Å²) >= 11 is 0. The summed E-state index contributed by atoms with van der Waals surface area (Å²) in [6.45, 7) is 0. The Morgan fingerprint density at radius 2 is 2.06 bits per heavy atom. The molecule has 0 aromatic heterocycles. The molecule has 1 aromatic carbocycles. The second-order valence-corrected chi connectivity index (χ2v) is 5.60. The fraction of sp³-hybridized carbons (Fsp3) is 0.125. The number of hydrogen-bond acceptors (Lipinski definition) is 5. The lowest BCUT2D eigenvalue weighted by Crippen LogP contribution is -2.03. The number of halogens is 1. The van der Waals surface area contributed by atoms with E-state index in [4.69, 9.17) is 15.8 Å². The van der Waals surface area contributed by atoms with Crippen molar-refractivity contribution in [3.05, 3.63) is 33.9 Å². The minimum atomic E-state index is -4.24. The Morgan fingerprint density at radius 1 is 1.47 bits per heavy atom. The van der Waals surface area contributed by atoms with Gasteiger partial charge in [-0.1, -0.05) is 6.07 Å². The highest BCUT2D eigenvalue weighted by Gasteiger charge is 2.24. The molecule has 17 heavy (non-hydrogen) atoms. The molecule has 0 radical (unpaired) electrons. The van der Waals surface area contributed by atoms with Crippen LogP contribution < -0.4 is 0 Å². The summed E-state index contributed by atoms with van der Waals surface area (Å²) in [5, 5.41) is 19.2. The molecule has 1 aromatic rings. The average Bonchev–Trinajstić information content (AvgIpc) is 2.14. The van der Waals surface area contributed by atoms with Gasteiger partial charge in [0, 0.05) is 16.7 Å². The molecule has 0 spiro atoms. The fourth-order valence-electron chi connectivity index (χ4n) is 1.20. The van der Waals surface area contributed by atoms with Crippen LogP contribution in [0.15, 0.2) is 23.1 Å². The van der Waals surface area contributed by atoms with Crippen molar-refractivity contribution in [2.75, 3.05) is 0 Å². The van der Waals surface area contributed by atoms with Gasteiger partial charge in [-0.3, -0.25) is 14.9 Å². The van der Waals surface area contributed by atoms with E-state index < -0.39 is 36.9 Å². The zero-order valence-corrected chi connectivity index (χ0v) is 9.73. The van der Waals surface area contributed by atoms with Gasteiger partial charge in [-0.2, -0.15) is 0 Å². The maximum absolute atomic E-state index is 11.0. The van der Waals surface area contributed by atoms with E-state index in [-0.39, 0.29) is 5.56 Å². The van der Waals surface area contributed by atoms with Crippen LogP contribution in [0.5, 0.6) is 0 Å². The van der Waals surface area contributed by atoms with Gasteiger partial charge in [0.2, 0.25) is 0 Å². The molecule has 0 atom stereocenters. The van der Waals surface area contributed by atoms with Crippen LogP contribution in [0.25, 0.3) is 0 Å². The third kappa shape index (κ3) is 3.40. The van der Waals surface area contributed by atoms with Crippen LogP contribution >= 0.6 is 10.7 Å². The Kier molecular flexibility index (Phi) is 3.69. The van der Waals surface area contributed by atoms with E-state index in [1.807, 2.05) is 0 Å². The van der Waals surface area contributed by atoms with Crippen molar-refractivity contribution in [3.8, 4) is 0 Å². The Labute approximate surface area is 100 Å². The maximum Gasteiger partial charge on any atom is 0.307 e. The van der Waals surface area contributed by atoms with Gasteiger partial charge < -0.3 is 5.11 Å². The molecule has 1 N–H and O–H groups in total. The fourth-order valence-corrected chi connectivity index (χ4v) is 2.20. The number of nitro groups is 1. The SMILES string of the molecule is O=C(O)Cc1ccc(S(=O)(=O)Cl)c([N+](=O)[O-])c1. The maximum atomic E-state index is 11.0. The molecule has 0 bridgehead atoms. The Hall–Kier alpha value is -1.67. The van der Waals surface area contributed by atoms with E-state index in [2.05, 4.69) is 0 Å². The highest BCUT2D eigenvalue weighted by molar-refractivity contribution is 8.13. The molecule has 0 fully saturated rings. The van der Waals surface area contributed by atoms with E-state index in [1.54, 1.807) is 0 Å². The van der Waals surface area contributed by atoms with Crippen LogP contribution in [0.2, 0.25) is 0 Å². The number of rotatable bonds is 4. The highest BCUT2D eigenvalue weighted by atomic mass is 35.7. The van der Waals surface area contributed by atoms with Crippen molar-refractivity contribution < 1.29 is 23.2 Å². The molecule has 0 aliphatic carbocycles. The Balaban J connectivity index is 3.37. The first kappa shape index (κ1) is 13.4. The van der Waals surface area contributed by atoms with Gasteiger partial charge in [-0.05, 0) is 11.6 Å². The van der Waals surface area contributed by atoms with E-state index in [9.17, 15) is 23.3 Å². The van der Waals surface area contributed by atoms with Crippen molar-refractivity contribution >= 4 is 31.4 Å². The smallest absolute Gasteiger partial charge is 0.307 e. The molecule has 9 heteroatoms. The van der Waals surface area contributed by atoms with Crippen LogP contribution in [0.1, 0.15) is 5.56 Å². The van der Waals surface area contributed by atoms with Crippen LogP contribution in [0.3, 0.4) is 0 Å². The van der Waals surface area contributed by atoms with Crippen molar-refractivity contribution in [1.29, 1.82) is 0 Å². The average molecular weight is 280 g/mol. The number of carboxylic acids is 1. The van der Waals surface area contributed by atoms with Gasteiger partial charge in [0.15, 0.2) is 4.90 Å². The van der Waals surface area contributed by atoms with Crippen molar-refractivity contribution in [2.24, 2.45) is 0 Å². The van der Waals surface area contributed by atoms with E-state index in [0.29, 0.717) is 0 Å². The van der Waals surface area contributed by atoms with Crippen LogP contribution in [0.4, 0.5) is 5.69 Å². The minimum Gasteiger partial charge on any atom is -0.481 e. The Bertz CT molecular complexity index is 582. The molecule has 0 saturated heterocycles. The van der Waals surface area contributed by atoms with E-state index in [1.165, 1.54) is 0 Å². The lowest BCUT2D eigenvalue weighted by molar-refractivity contribution is -0.387. The molecule has 92 valence electrons. The van der Waals surface area contributed by atoms with Gasteiger partial charge >= 0.3 is 5.97 Å². The number of hydrogen-bond donors (Lipinski definition) is 1. The number of benzene rings is 1. The normalized spacial score (nSPS) is 11.1. The van der Waals surface area contributed by atoms with Gasteiger partial charge in [-0.25, -0.2) is 8.42 Å². The first-order chi connectivity index (χ1) is 7.71. The summed E-state index contributed by atoms with van der Waals surface area (Å²) in [6.07, 6.45) is -0.441. The molecular formula is C8H6ClNO6S. The zero-order valence-electron chi connectivity index (χ0n) is 8.16. The van der Waals surface area contributed by atoms with E-state index in [0.717, 1.165) is 18.2 Å². The third-order valence-corrected chi connectivity index (χ3v) is 3.21. The highest BCUT2D eigenvalue weighted by Crippen LogP contribution is 2.27. The molecule has 0 heterocycles. The van der Waals surface area contributed by atoms with Crippen LogP contribution in [-0.2, 0) is 20.3 Å². The van der Waals surface area contributed by atoms with Crippen LogP contribution in [0, 0.1) is 10.1 Å². The lowest BCUT2D eigenvalue weighted by atomic mass is 10.1. The van der Waals surface area contributed by atoms with Crippen molar-refractivity contribution in [3.63, 3.8) is 0 Å². The number of carboxylic acid groups (broad SMARTS) is 1. The van der Waals surface area contributed by atoms with Crippen molar-refractivity contribution in [1.82, 2.24) is 0 Å². The number of nitro benzene ring substituents is 1. The summed E-state index contributed by atoms with van der Waals surface area (Å²) in [4.78, 5) is 19.5. The summed E-state index contributed by atoms with van der Waals surface area (Å²) in [5.41, 5.74) is -0.619. The molecule has 0 aliphatic rings. The first-order valence-electron chi connectivity index (χ1n) is 4.15. The summed E-state index contributed by atoms with van der Waals surface area (Å²) in [7, 11) is 0.777. The predicted molar refractivity (Wildman–Crippen MR) is 57.5 cm³/mol. The second-order valence-electron chi connectivity index (χ2n) is 3.07. The summed E-state index contributed by atoms with van der Waals surface area (Å²) < 4.78 is 22.1. The van der Waals surface area contributed by atoms with Gasteiger partial charge in [0.05, 0.1) is 11.3 Å². The lowest BCUT2D eigenvalue weighted by Gasteiger charge is -2.01. The first-order valence-corrected chi connectivity index (χ1v) is 6.46. The number of aliphatic carboxylic acids is 1. The second kappa shape index (κ2) is 4.68. The zero-order chi connectivity index (χ0) is 13.2. The molecule has 1 rings (SSSR count). The summed E-state index contributed by atoms with van der Waals surface area (Å²) in [5.74, 6) is -1.18. The molecule has 0 saturated carbocycles. The largest absolute Gasteiger partial charge is 0.481 e. The van der Waals surface area contributed by atoms with Gasteiger partial charge in [0.25, 0.3) is 14.7 Å². The molecule has 7 nitrogen and oxygen atoms in total. The van der Waals surface area contributed by atoms with Crippen molar-refractivity contribution in [2.45, 2.75) is 11.3 Å². The predicted octanol–water partition coefficient (Wildman–Crippen LogP) is 1.15. The topological polar surface area (TPSA) is 115 Å². The van der Waals surface area contributed by atoms with E-state index >= 15 is 0 Å². The molecular weight excluding hydrogens is 274 g/mol. The van der Waals surface area contributed by atoms with Gasteiger partial charge in [0.1, 0.15) is 0 Å². The number of nitrogens with zero attached hydrogens (tertiary/aromatic N) is 1. The third-order valence-electron chi connectivity index (χ3n) is 1.84. The standard InChI is InChI=1S/C8H6ClNO6S/c9-17(15,16)7-2-1-5(4-8(11)12)3-6(7)10(13)14/h1-3H,4H2,(H,11,12). The molecule has 0 unspecified atom stereocenters. The summed E-state index contributed by atoms with van der Waals surface area (Å²) in [6, 6.07) is 2.96. The molecule has 0 amide bonds. The van der Waals surface area contributed by atoms with Gasteiger partial charge in [-0.15, -0.1) is 0 Å². The molecule has 0 aliphatic heterocycles. The van der Waals surface area contributed by atoms with Crippen LogP contribution in [-0.4, -0.2) is 24.4 Å². The monoisotopic (exact) mass is 279 g/mol. The quantitative estimate of drug-likeness (QED) is 0.502. The number of carbonyl (C=O) groups is 1. The minimum absolute atomic E-state index is 0.119.